The van der Waals surface area contributed by atoms with E-state index in [2.05, 4.69) is 17.5 Å². The van der Waals surface area contributed by atoms with Crippen LogP contribution in [0.1, 0.15) is 25.7 Å². The Morgan fingerprint density at radius 2 is 2.36 bits per heavy atom. The van der Waals surface area contributed by atoms with Crippen molar-refractivity contribution in [1.82, 2.24) is 10.2 Å². The van der Waals surface area contributed by atoms with Gasteiger partial charge < -0.3 is 10.2 Å². The predicted molar refractivity (Wildman–Crippen MR) is 58.1 cm³/mol. The smallest absolute Gasteiger partial charge is 0.223 e. The molecule has 1 atom stereocenters. The first-order valence-corrected chi connectivity index (χ1v) is 5.30. The predicted octanol–water partition coefficient (Wildman–Crippen LogP) is 1.16. The molecule has 1 rings (SSSR count). The zero-order valence-electron chi connectivity index (χ0n) is 9.12. The second kappa shape index (κ2) is 5.81. The molecule has 1 unspecified atom stereocenters. The fraction of sp³-hybridized carbons (Fsp3) is 0.727. The second-order valence-corrected chi connectivity index (χ2v) is 3.96. The molecule has 14 heavy (non-hydrogen) atoms. The van der Waals surface area contributed by atoms with E-state index in [0.717, 1.165) is 6.54 Å². The molecule has 0 aromatic rings. The van der Waals surface area contributed by atoms with Crippen molar-refractivity contribution in [2.24, 2.45) is 0 Å². The van der Waals surface area contributed by atoms with Gasteiger partial charge in [0.15, 0.2) is 0 Å². The maximum Gasteiger partial charge on any atom is 0.223 e. The summed E-state index contributed by atoms with van der Waals surface area (Å²) < 4.78 is 0. The van der Waals surface area contributed by atoms with Gasteiger partial charge in [-0.05, 0) is 19.3 Å². The summed E-state index contributed by atoms with van der Waals surface area (Å²) in [5.74, 6) is 0.192. The Hall–Kier alpha value is -0.830. The van der Waals surface area contributed by atoms with E-state index in [1.807, 2.05) is 0 Å². The quantitative estimate of drug-likeness (QED) is 0.684. The lowest BCUT2D eigenvalue weighted by Gasteiger charge is -2.18. The van der Waals surface area contributed by atoms with Crippen molar-refractivity contribution in [3.8, 4) is 0 Å². The van der Waals surface area contributed by atoms with E-state index in [0.29, 0.717) is 12.5 Å². The molecule has 0 saturated carbocycles. The van der Waals surface area contributed by atoms with E-state index >= 15 is 0 Å². The van der Waals surface area contributed by atoms with Crippen LogP contribution in [-0.2, 0) is 4.79 Å². The van der Waals surface area contributed by atoms with Crippen LogP contribution in [0.25, 0.3) is 0 Å². The number of carbonyl (C=O) groups excluding carboxylic acids is 1. The Morgan fingerprint density at radius 1 is 1.57 bits per heavy atom. The molecule has 80 valence electrons. The molecule has 1 amide bonds. The summed E-state index contributed by atoms with van der Waals surface area (Å²) >= 11 is 0. The molecule has 0 spiro atoms. The minimum absolute atomic E-state index is 0.192. The third-order valence-electron chi connectivity index (χ3n) is 2.50. The van der Waals surface area contributed by atoms with Crippen LogP contribution in [0.2, 0.25) is 0 Å². The average Bonchev–Trinajstić information content (AvgIpc) is 2.19. The van der Waals surface area contributed by atoms with Crippen LogP contribution >= 0.6 is 0 Å². The molecular weight excluding hydrogens is 176 g/mol. The van der Waals surface area contributed by atoms with Gasteiger partial charge in [0.25, 0.3) is 0 Å². The minimum Gasteiger partial charge on any atom is -0.349 e. The normalized spacial score (nSPS) is 20.9. The van der Waals surface area contributed by atoms with Crippen molar-refractivity contribution in [2.75, 3.05) is 20.6 Å². The van der Waals surface area contributed by atoms with Gasteiger partial charge in [-0.25, -0.2) is 0 Å². The third-order valence-corrected chi connectivity index (χ3v) is 2.50. The average molecular weight is 196 g/mol. The number of rotatable bonds is 4. The van der Waals surface area contributed by atoms with Gasteiger partial charge in [-0.1, -0.05) is 12.2 Å². The van der Waals surface area contributed by atoms with Gasteiger partial charge in [-0.2, -0.15) is 0 Å². The van der Waals surface area contributed by atoms with Gasteiger partial charge in [0, 0.05) is 33.1 Å². The summed E-state index contributed by atoms with van der Waals surface area (Å²) in [5.41, 5.74) is 0. The molecule has 0 heterocycles. The van der Waals surface area contributed by atoms with Crippen molar-refractivity contribution in [3.05, 3.63) is 12.2 Å². The van der Waals surface area contributed by atoms with Gasteiger partial charge in [-0.15, -0.1) is 0 Å². The van der Waals surface area contributed by atoms with Gasteiger partial charge in [0.05, 0.1) is 0 Å². The van der Waals surface area contributed by atoms with E-state index in [-0.39, 0.29) is 5.91 Å². The topological polar surface area (TPSA) is 32.3 Å². The Bertz CT molecular complexity index is 211. The summed E-state index contributed by atoms with van der Waals surface area (Å²) in [6, 6.07) is 0.485. The molecule has 0 fully saturated rings. The van der Waals surface area contributed by atoms with Crippen molar-refractivity contribution in [1.29, 1.82) is 0 Å². The first-order chi connectivity index (χ1) is 6.70. The first kappa shape index (κ1) is 11.2. The van der Waals surface area contributed by atoms with Crippen molar-refractivity contribution in [2.45, 2.75) is 31.7 Å². The third kappa shape index (κ3) is 3.92. The lowest BCUT2D eigenvalue weighted by Crippen LogP contribution is -2.32. The van der Waals surface area contributed by atoms with Crippen LogP contribution in [0.15, 0.2) is 12.2 Å². The van der Waals surface area contributed by atoms with Gasteiger partial charge in [0.2, 0.25) is 5.91 Å². The fourth-order valence-electron chi connectivity index (χ4n) is 1.57. The first-order valence-electron chi connectivity index (χ1n) is 5.30. The van der Waals surface area contributed by atoms with Crippen molar-refractivity contribution < 1.29 is 4.79 Å². The molecular formula is C11H20N2O. The van der Waals surface area contributed by atoms with E-state index in [4.69, 9.17) is 0 Å². The van der Waals surface area contributed by atoms with Crippen LogP contribution in [0, 0.1) is 0 Å². The van der Waals surface area contributed by atoms with Crippen molar-refractivity contribution >= 4 is 5.91 Å². The largest absolute Gasteiger partial charge is 0.349 e. The van der Waals surface area contributed by atoms with Gasteiger partial charge in [-0.3, -0.25) is 4.79 Å². The standard InChI is InChI=1S/C11H20N2O/c1-13(2)11(14)8-9-12-10-6-4-3-5-7-10/h4,6,10,12H,3,5,7-9H2,1-2H3. The van der Waals surface area contributed by atoms with E-state index in [9.17, 15) is 4.79 Å². The highest BCUT2D eigenvalue weighted by atomic mass is 16.2. The van der Waals surface area contributed by atoms with Crippen LogP contribution in [0.3, 0.4) is 0 Å². The Morgan fingerprint density at radius 3 is 2.93 bits per heavy atom. The summed E-state index contributed by atoms with van der Waals surface area (Å²) in [6.45, 7) is 0.784. The number of nitrogens with zero attached hydrogens (tertiary/aromatic N) is 1. The molecule has 3 nitrogen and oxygen atoms in total. The monoisotopic (exact) mass is 196 g/mol. The van der Waals surface area contributed by atoms with E-state index in [1.54, 1.807) is 19.0 Å². The van der Waals surface area contributed by atoms with E-state index in [1.165, 1.54) is 19.3 Å². The lowest BCUT2D eigenvalue weighted by molar-refractivity contribution is -0.128. The summed E-state index contributed by atoms with van der Waals surface area (Å²) in [7, 11) is 3.59. The minimum atomic E-state index is 0.192. The summed E-state index contributed by atoms with van der Waals surface area (Å²) in [6.07, 6.45) is 8.69. The fourth-order valence-corrected chi connectivity index (χ4v) is 1.57. The Balaban J connectivity index is 2.11. The number of nitrogens with one attached hydrogen (secondary N) is 1. The molecule has 1 aliphatic carbocycles. The maximum atomic E-state index is 11.3. The molecule has 1 N–H and O–H groups in total. The molecule has 0 aromatic heterocycles. The molecule has 0 bridgehead atoms. The zero-order valence-corrected chi connectivity index (χ0v) is 9.12. The highest BCUT2D eigenvalue weighted by Gasteiger charge is 2.08. The molecule has 0 aromatic carbocycles. The maximum absolute atomic E-state index is 11.3. The van der Waals surface area contributed by atoms with Gasteiger partial charge >= 0.3 is 0 Å². The van der Waals surface area contributed by atoms with Gasteiger partial charge in [0.1, 0.15) is 0 Å². The highest BCUT2D eigenvalue weighted by molar-refractivity contribution is 5.75. The van der Waals surface area contributed by atoms with Crippen LogP contribution in [0.5, 0.6) is 0 Å². The molecule has 0 saturated heterocycles. The van der Waals surface area contributed by atoms with E-state index < -0.39 is 0 Å². The highest BCUT2D eigenvalue weighted by Crippen LogP contribution is 2.09. The van der Waals surface area contributed by atoms with Crippen LogP contribution in [-0.4, -0.2) is 37.5 Å². The molecule has 0 aliphatic heterocycles. The second-order valence-electron chi connectivity index (χ2n) is 3.96. The number of amides is 1. The SMILES string of the molecule is CN(C)C(=O)CCNC1C=CCCC1. The summed E-state index contributed by atoms with van der Waals surface area (Å²) in [5, 5.41) is 3.37. The zero-order chi connectivity index (χ0) is 10.4. The molecule has 0 radical (unpaired) electrons. The molecule has 1 aliphatic rings. The molecule has 3 heteroatoms. The Kier molecular flexibility index (Phi) is 4.66. The lowest BCUT2D eigenvalue weighted by atomic mass is 10.0. The number of hydrogen-bond donors (Lipinski definition) is 1. The van der Waals surface area contributed by atoms with Crippen molar-refractivity contribution in [3.63, 3.8) is 0 Å². The summed E-state index contributed by atoms with van der Waals surface area (Å²) in [4.78, 5) is 12.9. The van der Waals surface area contributed by atoms with Crippen LogP contribution in [0.4, 0.5) is 0 Å². The number of allylic oxidation sites excluding steroid dienone is 1. The number of carbonyl (C=O) groups is 1. The van der Waals surface area contributed by atoms with Crippen LogP contribution < -0.4 is 5.32 Å². The number of hydrogen-bond acceptors (Lipinski definition) is 2. The Labute approximate surface area is 86.2 Å².